The Morgan fingerprint density at radius 3 is 2.29 bits per heavy atom. The van der Waals surface area contributed by atoms with E-state index in [4.69, 9.17) is 11.6 Å². The Balaban J connectivity index is 2.12. The summed E-state index contributed by atoms with van der Waals surface area (Å²) < 4.78 is 0. The molecule has 0 bridgehead atoms. The monoisotopic (exact) mass is 357 g/mol. The van der Waals surface area contributed by atoms with Gasteiger partial charge in [0, 0.05) is 5.02 Å². The molecule has 0 atom stereocenters. The quantitative estimate of drug-likeness (QED) is 0.745. The van der Waals surface area contributed by atoms with Crippen LogP contribution in [-0.2, 0) is 9.59 Å². The average molecular weight is 358 g/mol. The van der Waals surface area contributed by atoms with Gasteiger partial charge in [-0.05, 0) is 42.0 Å². The maximum absolute atomic E-state index is 13.0. The van der Waals surface area contributed by atoms with Crippen LogP contribution in [0.4, 0.5) is 5.69 Å². The number of anilines is 1. The van der Waals surface area contributed by atoms with Gasteiger partial charge < -0.3 is 0 Å². The van der Waals surface area contributed by atoms with Crippen molar-refractivity contribution >= 4 is 46.4 Å². The van der Waals surface area contributed by atoms with Gasteiger partial charge in [0.15, 0.2) is 0 Å². The fraction of sp³-hybridized carbons (Fsp3) is 0.158. The van der Waals surface area contributed by atoms with E-state index in [-0.39, 0.29) is 11.8 Å². The number of nitrogens with zero attached hydrogens (tertiary/aromatic N) is 1. The molecule has 0 N–H and O–H groups in total. The van der Waals surface area contributed by atoms with Crippen molar-refractivity contribution in [2.45, 2.75) is 13.8 Å². The second kappa shape index (κ2) is 6.83. The third-order valence-corrected chi connectivity index (χ3v) is 5.03. The van der Waals surface area contributed by atoms with Gasteiger partial charge in [-0.1, -0.05) is 48.9 Å². The van der Waals surface area contributed by atoms with E-state index in [2.05, 4.69) is 0 Å². The first kappa shape index (κ1) is 16.8. The second-order valence-corrected chi connectivity index (χ2v) is 7.09. The zero-order valence-corrected chi connectivity index (χ0v) is 14.9. The van der Waals surface area contributed by atoms with E-state index in [9.17, 15) is 9.59 Å². The molecular formula is C19H16ClNO2S. The molecule has 3 rings (SSSR count). The van der Waals surface area contributed by atoms with Crippen LogP contribution >= 0.6 is 23.4 Å². The minimum Gasteiger partial charge on any atom is -0.268 e. The van der Waals surface area contributed by atoms with Gasteiger partial charge in [0.05, 0.1) is 16.2 Å². The molecule has 1 aliphatic heterocycles. The highest BCUT2D eigenvalue weighted by Gasteiger charge is 2.40. The Bertz CT molecular complexity index is 843. The van der Waals surface area contributed by atoms with Crippen LogP contribution in [0.25, 0.3) is 5.57 Å². The van der Waals surface area contributed by atoms with E-state index in [1.807, 2.05) is 32.0 Å². The molecule has 0 saturated carbocycles. The molecule has 0 unspecified atom stereocenters. The van der Waals surface area contributed by atoms with Crippen LogP contribution in [0.1, 0.15) is 18.1 Å². The van der Waals surface area contributed by atoms with Crippen LogP contribution in [0, 0.1) is 6.92 Å². The average Bonchev–Trinajstić information content (AvgIpc) is 2.81. The lowest BCUT2D eigenvalue weighted by Gasteiger charge is -2.17. The number of halogens is 1. The summed E-state index contributed by atoms with van der Waals surface area (Å²) in [4.78, 5) is 27.7. The van der Waals surface area contributed by atoms with E-state index >= 15 is 0 Å². The maximum Gasteiger partial charge on any atom is 0.272 e. The van der Waals surface area contributed by atoms with Crippen molar-refractivity contribution in [2.75, 3.05) is 10.7 Å². The smallest absolute Gasteiger partial charge is 0.268 e. The van der Waals surface area contributed by atoms with Gasteiger partial charge in [-0.3, -0.25) is 9.59 Å². The molecule has 122 valence electrons. The lowest BCUT2D eigenvalue weighted by Crippen LogP contribution is -2.31. The molecule has 2 aromatic carbocycles. The second-order valence-electron chi connectivity index (χ2n) is 5.38. The lowest BCUT2D eigenvalue weighted by molar-refractivity contribution is -0.119. The number of benzene rings is 2. The molecule has 0 fully saturated rings. The fourth-order valence-electron chi connectivity index (χ4n) is 2.69. The summed E-state index contributed by atoms with van der Waals surface area (Å²) in [5.74, 6) is 0.172. The normalized spacial score (nSPS) is 14.7. The number of aryl methyl sites for hydroxylation is 1. The van der Waals surface area contributed by atoms with Crippen molar-refractivity contribution in [3.05, 3.63) is 69.6 Å². The van der Waals surface area contributed by atoms with Gasteiger partial charge in [-0.25, -0.2) is 4.90 Å². The minimum absolute atomic E-state index is 0.258. The number of carbonyl (C=O) groups excluding carboxylic acids is 2. The summed E-state index contributed by atoms with van der Waals surface area (Å²) in [6.07, 6.45) is 0. The number of para-hydroxylation sites is 1. The number of hydrogen-bond acceptors (Lipinski definition) is 3. The number of imide groups is 1. The van der Waals surface area contributed by atoms with Gasteiger partial charge in [0.1, 0.15) is 0 Å². The van der Waals surface area contributed by atoms with Crippen molar-refractivity contribution in [1.29, 1.82) is 0 Å². The number of thioether (sulfide) groups is 1. The van der Waals surface area contributed by atoms with Crippen molar-refractivity contribution in [2.24, 2.45) is 0 Å². The van der Waals surface area contributed by atoms with Crippen LogP contribution in [-0.4, -0.2) is 17.6 Å². The summed E-state index contributed by atoms with van der Waals surface area (Å²) in [6.45, 7) is 3.86. The maximum atomic E-state index is 13.0. The third-order valence-electron chi connectivity index (χ3n) is 3.82. The fourth-order valence-corrected chi connectivity index (χ4v) is 3.67. The molecule has 1 aliphatic rings. The minimum atomic E-state index is -0.285. The SMILES string of the molecule is CCSC1=C(c2ccc(Cl)cc2)C(=O)N(c2ccccc2C)C1=O. The van der Waals surface area contributed by atoms with Crippen molar-refractivity contribution in [1.82, 2.24) is 0 Å². The molecule has 0 radical (unpaired) electrons. The highest BCUT2D eigenvalue weighted by atomic mass is 35.5. The molecule has 3 nitrogen and oxygen atoms in total. The molecule has 1 heterocycles. The number of carbonyl (C=O) groups is 2. The van der Waals surface area contributed by atoms with Crippen LogP contribution in [0.3, 0.4) is 0 Å². The molecular weight excluding hydrogens is 342 g/mol. The summed E-state index contributed by atoms with van der Waals surface area (Å²) in [5.41, 5.74) is 2.68. The number of rotatable bonds is 4. The van der Waals surface area contributed by atoms with Gasteiger partial charge in [-0.15, -0.1) is 11.8 Å². The summed E-state index contributed by atoms with van der Waals surface area (Å²) in [6, 6.07) is 14.4. The van der Waals surface area contributed by atoms with E-state index in [0.717, 1.165) is 5.56 Å². The first-order chi connectivity index (χ1) is 11.5. The van der Waals surface area contributed by atoms with Crippen LogP contribution in [0.5, 0.6) is 0 Å². The van der Waals surface area contributed by atoms with Crippen molar-refractivity contribution in [3.8, 4) is 0 Å². The van der Waals surface area contributed by atoms with Crippen molar-refractivity contribution < 1.29 is 9.59 Å². The van der Waals surface area contributed by atoms with Crippen LogP contribution in [0.2, 0.25) is 5.02 Å². The molecule has 0 spiro atoms. The van der Waals surface area contributed by atoms with Crippen LogP contribution in [0.15, 0.2) is 53.4 Å². The predicted molar refractivity (Wildman–Crippen MR) is 100 cm³/mol. The Labute approximate surface area is 150 Å². The van der Waals surface area contributed by atoms with Gasteiger partial charge >= 0.3 is 0 Å². The summed E-state index contributed by atoms with van der Waals surface area (Å²) >= 11 is 7.34. The molecule has 2 amide bonds. The predicted octanol–water partition coefficient (Wildman–Crippen LogP) is 4.69. The highest BCUT2D eigenvalue weighted by molar-refractivity contribution is 8.04. The van der Waals surface area contributed by atoms with Gasteiger partial charge in [0.25, 0.3) is 11.8 Å². The lowest BCUT2D eigenvalue weighted by atomic mass is 10.1. The van der Waals surface area contributed by atoms with Crippen molar-refractivity contribution in [3.63, 3.8) is 0 Å². The highest BCUT2D eigenvalue weighted by Crippen LogP contribution is 2.39. The van der Waals surface area contributed by atoms with E-state index in [1.54, 1.807) is 30.3 Å². The Morgan fingerprint density at radius 2 is 1.67 bits per heavy atom. The standard InChI is InChI=1S/C19H16ClNO2S/c1-3-24-17-16(13-8-10-14(20)11-9-13)18(22)21(19(17)23)15-7-5-4-6-12(15)2/h4-11H,3H2,1-2H3. The Kier molecular flexibility index (Phi) is 4.78. The summed E-state index contributed by atoms with van der Waals surface area (Å²) in [7, 11) is 0. The molecule has 24 heavy (non-hydrogen) atoms. The molecule has 5 heteroatoms. The zero-order valence-electron chi connectivity index (χ0n) is 13.4. The van der Waals surface area contributed by atoms with E-state index < -0.39 is 0 Å². The first-order valence-corrected chi connectivity index (χ1v) is 8.98. The van der Waals surface area contributed by atoms with E-state index in [0.29, 0.717) is 32.5 Å². The van der Waals surface area contributed by atoms with Crippen LogP contribution < -0.4 is 4.90 Å². The molecule has 0 saturated heterocycles. The molecule has 0 aliphatic carbocycles. The summed E-state index contributed by atoms with van der Waals surface area (Å²) in [5, 5.41) is 0.594. The number of hydrogen-bond donors (Lipinski definition) is 0. The first-order valence-electron chi connectivity index (χ1n) is 7.62. The number of amides is 2. The Hall–Kier alpha value is -2.04. The molecule has 2 aromatic rings. The third kappa shape index (κ3) is 2.87. The largest absolute Gasteiger partial charge is 0.272 e. The van der Waals surface area contributed by atoms with E-state index in [1.165, 1.54) is 16.7 Å². The topological polar surface area (TPSA) is 37.4 Å². The zero-order chi connectivity index (χ0) is 17.3. The Morgan fingerprint density at radius 1 is 1.00 bits per heavy atom. The molecule has 0 aromatic heterocycles. The van der Waals surface area contributed by atoms with Gasteiger partial charge in [-0.2, -0.15) is 0 Å². The van der Waals surface area contributed by atoms with Gasteiger partial charge in [0.2, 0.25) is 0 Å².